The standard InChI is InChI=1S/C22H19ClN4O2S/c1-14-10-15(2)12-17(11-14)24-20(28)13-30-22-26-25-21(19-4-3-9-29-19)27(22)18-7-5-16(23)6-8-18/h3-12H,13H2,1-2H3,(H,24,28). The number of nitrogens with one attached hydrogen (secondary N) is 1. The van der Waals surface area contributed by atoms with Gasteiger partial charge in [-0.1, -0.05) is 29.4 Å². The Hall–Kier alpha value is -3.03. The molecule has 0 bridgehead atoms. The maximum Gasteiger partial charge on any atom is 0.234 e. The third-order valence-corrected chi connectivity index (χ3v) is 5.48. The van der Waals surface area contributed by atoms with E-state index in [9.17, 15) is 4.79 Å². The van der Waals surface area contributed by atoms with Crippen LogP contribution in [0, 0.1) is 13.8 Å². The molecule has 2 heterocycles. The number of furan rings is 1. The van der Waals surface area contributed by atoms with E-state index in [-0.39, 0.29) is 11.7 Å². The molecule has 0 atom stereocenters. The zero-order valence-electron chi connectivity index (χ0n) is 16.4. The van der Waals surface area contributed by atoms with Gasteiger partial charge in [0, 0.05) is 16.4 Å². The smallest absolute Gasteiger partial charge is 0.234 e. The van der Waals surface area contributed by atoms with E-state index in [1.165, 1.54) is 11.8 Å². The summed E-state index contributed by atoms with van der Waals surface area (Å²) in [4.78, 5) is 12.5. The number of aryl methyl sites for hydroxylation is 2. The van der Waals surface area contributed by atoms with Gasteiger partial charge in [0.05, 0.1) is 12.0 Å². The van der Waals surface area contributed by atoms with Crippen LogP contribution < -0.4 is 5.32 Å². The predicted molar refractivity (Wildman–Crippen MR) is 119 cm³/mol. The summed E-state index contributed by atoms with van der Waals surface area (Å²) in [6.45, 7) is 4.00. The molecule has 0 aliphatic carbocycles. The molecule has 1 N–H and O–H groups in total. The molecule has 6 nitrogen and oxygen atoms in total. The maximum absolute atomic E-state index is 12.5. The van der Waals surface area contributed by atoms with Gasteiger partial charge >= 0.3 is 0 Å². The number of amides is 1. The van der Waals surface area contributed by atoms with Gasteiger partial charge in [-0.3, -0.25) is 9.36 Å². The van der Waals surface area contributed by atoms with Gasteiger partial charge in [-0.2, -0.15) is 0 Å². The lowest BCUT2D eigenvalue weighted by molar-refractivity contribution is -0.113. The van der Waals surface area contributed by atoms with Gasteiger partial charge in [0.2, 0.25) is 11.7 Å². The highest BCUT2D eigenvalue weighted by Crippen LogP contribution is 2.29. The number of thioether (sulfide) groups is 1. The summed E-state index contributed by atoms with van der Waals surface area (Å²) in [7, 11) is 0. The number of rotatable bonds is 6. The Labute approximate surface area is 183 Å². The number of aromatic nitrogens is 3. The zero-order valence-corrected chi connectivity index (χ0v) is 18.0. The Morgan fingerprint density at radius 1 is 1.10 bits per heavy atom. The topological polar surface area (TPSA) is 73.0 Å². The summed E-state index contributed by atoms with van der Waals surface area (Å²) >= 11 is 7.34. The van der Waals surface area contributed by atoms with E-state index in [0.717, 1.165) is 22.5 Å². The van der Waals surface area contributed by atoms with E-state index in [0.29, 0.717) is 21.8 Å². The Morgan fingerprint density at radius 2 is 1.83 bits per heavy atom. The number of nitrogens with zero attached hydrogens (tertiary/aromatic N) is 3. The number of carbonyl (C=O) groups excluding carboxylic acids is 1. The van der Waals surface area contributed by atoms with Crippen molar-refractivity contribution in [2.75, 3.05) is 11.1 Å². The Bertz CT molecular complexity index is 1150. The minimum atomic E-state index is -0.116. The molecule has 0 radical (unpaired) electrons. The molecule has 0 spiro atoms. The molecule has 2 aromatic heterocycles. The Morgan fingerprint density at radius 3 is 2.50 bits per heavy atom. The molecule has 0 saturated heterocycles. The second-order valence-corrected chi connectivity index (χ2v) is 8.19. The van der Waals surface area contributed by atoms with Gasteiger partial charge < -0.3 is 9.73 Å². The highest BCUT2D eigenvalue weighted by atomic mass is 35.5. The summed E-state index contributed by atoms with van der Waals surface area (Å²) < 4.78 is 7.36. The molecule has 152 valence electrons. The van der Waals surface area contributed by atoms with Crippen LogP contribution in [-0.4, -0.2) is 26.4 Å². The average Bonchev–Trinajstić information content (AvgIpc) is 3.36. The van der Waals surface area contributed by atoms with E-state index in [1.54, 1.807) is 24.5 Å². The quantitative estimate of drug-likeness (QED) is 0.401. The first-order chi connectivity index (χ1) is 14.5. The zero-order chi connectivity index (χ0) is 21.1. The number of benzene rings is 2. The molecule has 0 fully saturated rings. The van der Waals surface area contributed by atoms with E-state index in [2.05, 4.69) is 21.6 Å². The van der Waals surface area contributed by atoms with Crippen molar-refractivity contribution >= 4 is 35.0 Å². The van der Waals surface area contributed by atoms with Crippen LogP contribution in [0.25, 0.3) is 17.3 Å². The lowest BCUT2D eigenvalue weighted by Crippen LogP contribution is -2.14. The van der Waals surface area contributed by atoms with Crippen molar-refractivity contribution in [2.45, 2.75) is 19.0 Å². The van der Waals surface area contributed by atoms with E-state index >= 15 is 0 Å². The van der Waals surface area contributed by atoms with E-state index in [1.807, 2.05) is 48.7 Å². The van der Waals surface area contributed by atoms with Crippen LogP contribution in [0.15, 0.2) is 70.4 Å². The van der Waals surface area contributed by atoms with Crippen LogP contribution in [0.2, 0.25) is 5.02 Å². The summed E-state index contributed by atoms with van der Waals surface area (Å²) in [6, 6.07) is 16.9. The molecule has 4 rings (SSSR count). The predicted octanol–water partition coefficient (Wildman–Crippen LogP) is 5.53. The minimum Gasteiger partial charge on any atom is -0.461 e. The van der Waals surface area contributed by atoms with Gasteiger partial charge in [-0.05, 0) is 73.5 Å². The molecule has 2 aromatic carbocycles. The number of carbonyl (C=O) groups is 1. The second-order valence-electron chi connectivity index (χ2n) is 6.81. The SMILES string of the molecule is Cc1cc(C)cc(NC(=O)CSc2nnc(-c3ccco3)n2-c2ccc(Cl)cc2)c1. The molecule has 8 heteroatoms. The van der Waals surface area contributed by atoms with Crippen LogP contribution in [-0.2, 0) is 4.79 Å². The number of halogens is 1. The van der Waals surface area contributed by atoms with Gasteiger partial charge in [0.15, 0.2) is 10.9 Å². The van der Waals surface area contributed by atoms with Crippen LogP contribution in [0.1, 0.15) is 11.1 Å². The molecular weight excluding hydrogens is 420 g/mol. The number of hydrogen-bond donors (Lipinski definition) is 1. The lowest BCUT2D eigenvalue weighted by Gasteiger charge is -2.10. The van der Waals surface area contributed by atoms with Gasteiger partial charge in [0.25, 0.3) is 0 Å². The lowest BCUT2D eigenvalue weighted by atomic mass is 10.1. The fourth-order valence-electron chi connectivity index (χ4n) is 3.13. The Kier molecular flexibility index (Phi) is 5.92. The minimum absolute atomic E-state index is 0.116. The number of hydrogen-bond acceptors (Lipinski definition) is 5. The fourth-order valence-corrected chi connectivity index (χ4v) is 4.00. The van der Waals surface area contributed by atoms with Crippen LogP contribution in [0.3, 0.4) is 0 Å². The van der Waals surface area contributed by atoms with Crippen molar-refractivity contribution in [1.82, 2.24) is 14.8 Å². The van der Waals surface area contributed by atoms with E-state index < -0.39 is 0 Å². The highest BCUT2D eigenvalue weighted by Gasteiger charge is 2.19. The first-order valence-corrected chi connectivity index (χ1v) is 10.6. The normalized spacial score (nSPS) is 10.9. The molecular formula is C22H19ClN4O2S. The largest absolute Gasteiger partial charge is 0.461 e. The van der Waals surface area contributed by atoms with Crippen molar-refractivity contribution in [3.05, 3.63) is 77.0 Å². The van der Waals surface area contributed by atoms with Crippen LogP contribution in [0.4, 0.5) is 5.69 Å². The summed E-state index contributed by atoms with van der Waals surface area (Å²) in [5.74, 6) is 1.22. The molecule has 0 aliphatic rings. The third kappa shape index (κ3) is 4.58. The third-order valence-electron chi connectivity index (χ3n) is 4.30. The summed E-state index contributed by atoms with van der Waals surface area (Å²) in [5, 5.41) is 12.7. The highest BCUT2D eigenvalue weighted by molar-refractivity contribution is 7.99. The molecule has 30 heavy (non-hydrogen) atoms. The van der Waals surface area contributed by atoms with Crippen molar-refractivity contribution in [3.8, 4) is 17.3 Å². The maximum atomic E-state index is 12.5. The van der Waals surface area contributed by atoms with Crippen molar-refractivity contribution < 1.29 is 9.21 Å². The van der Waals surface area contributed by atoms with Crippen molar-refractivity contribution in [3.63, 3.8) is 0 Å². The van der Waals surface area contributed by atoms with Crippen molar-refractivity contribution in [2.24, 2.45) is 0 Å². The van der Waals surface area contributed by atoms with Gasteiger partial charge in [-0.25, -0.2) is 0 Å². The fraction of sp³-hybridized carbons (Fsp3) is 0.136. The Balaban J connectivity index is 1.56. The second kappa shape index (κ2) is 8.77. The molecule has 0 unspecified atom stereocenters. The van der Waals surface area contributed by atoms with Crippen LogP contribution in [0.5, 0.6) is 0 Å². The molecule has 0 aliphatic heterocycles. The van der Waals surface area contributed by atoms with Gasteiger partial charge in [0.1, 0.15) is 0 Å². The van der Waals surface area contributed by atoms with E-state index in [4.69, 9.17) is 16.0 Å². The number of anilines is 1. The molecule has 4 aromatic rings. The molecule has 0 saturated carbocycles. The van der Waals surface area contributed by atoms with Crippen LogP contribution >= 0.6 is 23.4 Å². The first-order valence-electron chi connectivity index (χ1n) is 9.26. The first kappa shape index (κ1) is 20.3. The molecule has 1 amide bonds. The summed E-state index contributed by atoms with van der Waals surface area (Å²) in [6.07, 6.45) is 1.58. The summed E-state index contributed by atoms with van der Waals surface area (Å²) in [5.41, 5.74) is 3.81. The monoisotopic (exact) mass is 438 g/mol. The van der Waals surface area contributed by atoms with Gasteiger partial charge in [-0.15, -0.1) is 10.2 Å². The average molecular weight is 439 g/mol. The van der Waals surface area contributed by atoms with Crippen molar-refractivity contribution in [1.29, 1.82) is 0 Å².